The molecule has 0 bridgehead atoms. The molecule has 1 rings (SSSR count). The van der Waals surface area contributed by atoms with Crippen LogP contribution >= 0.6 is 0 Å². The minimum absolute atomic E-state index is 0.190. The normalized spacial score (nSPS) is 13.2. The standard InChI is InChI=1S/C28H48O3/c1-3-5-7-8-9-10-11-12-13-14-15-16-17-18-24-28(27(30)31,23-6-4-2)25-19-21-26(29)22-20-25/h19-22,29H,3-18,23-24H2,1-2H3,(H,30,31). The maximum absolute atomic E-state index is 12.3. The number of hydrogen-bond acceptors (Lipinski definition) is 2. The van der Waals surface area contributed by atoms with Crippen LogP contribution < -0.4 is 0 Å². The van der Waals surface area contributed by atoms with Gasteiger partial charge in [0.1, 0.15) is 5.75 Å². The second-order valence-corrected chi connectivity index (χ2v) is 9.38. The maximum Gasteiger partial charge on any atom is 0.314 e. The molecular weight excluding hydrogens is 384 g/mol. The van der Waals surface area contributed by atoms with Gasteiger partial charge < -0.3 is 10.2 Å². The van der Waals surface area contributed by atoms with Gasteiger partial charge in [-0.25, -0.2) is 0 Å². The van der Waals surface area contributed by atoms with Crippen molar-refractivity contribution < 1.29 is 15.0 Å². The molecule has 0 amide bonds. The Morgan fingerprint density at radius 1 is 0.645 bits per heavy atom. The van der Waals surface area contributed by atoms with Crippen molar-refractivity contribution in [2.75, 3.05) is 0 Å². The van der Waals surface area contributed by atoms with E-state index in [9.17, 15) is 15.0 Å². The molecule has 1 aromatic carbocycles. The van der Waals surface area contributed by atoms with Crippen molar-refractivity contribution in [3.63, 3.8) is 0 Å². The summed E-state index contributed by atoms with van der Waals surface area (Å²) in [6.07, 6.45) is 21.5. The Kier molecular flexibility index (Phi) is 15.2. The fourth-order valence-electron chi connectivity index (χ4n) is 4.63. The molecule has 0 aliphatic carbocycles. The summed E-state index contributed by atoms with van der Waals surface area (Å²) in [6, 6.07) is 6.82. The van der Waals surface area contributed by atoms with Crippen molar-refractivity contribution in [3.8, 4) is 5.75 Å². The van der Waals surface area contributed by atoms with E-state index in [2.05, 4.69) is 13.8 Å². The van der Waals surface area contributed by atoms with Crippen LogP contribution in [-0.4, -0.2) is 16.2 Å². The number of phenols is 1. The Morgan fingerprint density at radius 2 is 1.03 bits per heavy atom. The minimum atomic E-state index is -0.819. The molecule has 0 saturated carbocycles. The van der Waals surface area contributed by atoms with Crippen LogP contribution in [0.5, 0.6) is 5.75 Å². The second kappa shape index (κ2) is 17.1. The monoisotopic (exact) mass is 432 g/mol. The first-order valence-electron chi connectivity index (χ1n) is 13.1. The van der Waals surface area contributed by atoms with Crippen molar-refractivity contribution in [1.82, 2.24) is 0 Å². The van der Waals surface area contributed by atoms with Gasteiger partial charge in [-0.2, -0.15) is 0 Å². The van der Waals surface area contributed by atoms with Crippen LogP contribution in [0.15, 0.2) is 24.3 Å². The van der Waals surface area contributed by atoms with E-state index in [4.69, 9.17) is 0 Å². The fraction of sp³-hybridized carbons (Fsp3) is 0.750. The van der Waals surface area contributed by atoms with Gasteiger partial charge in [-0.15, -0.1) is 0 Å². The lowest BCUT2D eigenvalue weighted by Crippen LogP contribution is -2.36. The smallest absolute Gasteiger partial charge is 0.314 e. The predicted molar refractivity (Wildman–Crippen MR) is 132 cm³/mol. The third kappa shape index (κ3) is 11.1. The predicted octanol–water partition coefficient (Wildman–Crippen LogP) is 8.78. The quantitative estimate of drug-likeness (QED) is 0.202. The van der Waals surface area contributed by atoms with Crippen LogP contribution in [0.25, 0.3) is 0 Å². The summed E-state index contributed by atoms with van der Waals surface area (Å²) in [7, 11) is 0. The van der Waals surface area contributed by atoms with E-state index in [0.717, 1.165) is 31.2 Å². The summed E-state index contributed by atoms with van der Waals surface area (Å²) in [4.78, 5) is 12.3. The molecule has 1 atom stereocenters. The van der Waals surface area contributed by atoms with E-state index < -0.39 is 11.4 Å². The van der Waals surface area contributed by atoms with Gasteiger partial charge in [0.05, 0.1) is 5.41 Å². The molecule has 0 aliphatic rings. The zero-order valence-corrected chi connectivity index (χ0v) is 20.3. The Morgan fingerprint density at radius 3 is 1.45 bits per heavy atom. The van der Waals surface area contributed by atoms with E-state index >= 15 is 0 Å². The Labute approximate surface area is 191 Å². The number of carbonyl (C=O) groups is 1. The zero-order valence-electron chi connectivity index (χ0n) is 20.3. The molecule has 31 heavy (non-hydrogen) atoms. The number of benzene rings is 1. The van der Waals surface area contributed by atoms with Crippen molar-refractivity contribution in [3.05, 3.63) is 29.8 Å². The lowest BCUT2D eigenvalue weighted by atomic mass is 9.72. The Hall–Kier alpha value is -1.51. The number of hydrogen-bond donors (Lipinski definition) is 2. The van der Waals surface area contributed by atoms with E-state index in [1.54, 1.807) is 24.3 Å². The molecule has 1 aromatic rings. The molecule has 0 saturated heterocycles. The van der Waals surface area contributed by atoms with Crippen molar-refractivity contribution >= 4 is 5.97 Å². The van der Waals surface area contributed by atoms with Crippen LogP contribution in [0.4, 0.5) is 0 Å². The highest BCUT2D eigenvalue weighted by atomic mass is 16.4. The lowest BCUT2D eigenvalue weighted by Gasteiger charge is -2.30. The van der Waals surface area contributed by atoms with Crippen molar-refractivity contribution in [1.29, 1.82) is 0 Å². The molecule has 2 N–H and O–H groups in total. The molecule has 0 aliphatic heterocycles. The topological polar surface area (TPSA) is 57.5 Å². The van der Waals surface area contributed by atoms with Crippen molar-refractivity contribution in [2.24, 2.45) is 0 Å². The summed E-state index contributed by atoms with van der Waals surface area (Å²) >= 11 is 0. The largest absolute Gasteiger partial charge is 0.508 e. The molecular formula is C28H48O3. The highest BCUT2D eigenvalue weighted by molar-refractivity contribution is 5.81. The van der Waals surface area contributed by atoms with Gasteiger partial charge in [-0.3, -0.25) is 4.79 Å². The molecule has 0 spiro atoms. The average Bonchev–Trinajstić information content (AvgIpc) is 2.76. The van der Waals surface area contributed by atoms with Crippen LogP contribution in [0.3, 0.4) is 0 Å². The van der Waals surface area contributed by atoms with Gasteiger partial charge in [0.25, 0.3) is 0 Å². The van der Waals surface area contributed by atoms with Crippen LogP contribution in [0.2, 0.25) is 0 Å². The molecule has 3 nitrogen and oxygen atoms in total. The minimum Gasteiger partial charge on any atom is -0.508 e. The molecule has 3 heteroatoms. The Balaban J connectivity index is 2.27. The van der Waals surface area contributed by atoms with E-state index in [0.29, 0.717) is 12.8 Å². The number of aliphatic carboxylic acids is 1. The molecule has 1 unspecified atom stereocenters. The van der Waals surface area contributed by atoms with Gasteiger partial charge >= 0.3 is 5.97 Å². The van der Waals surface area contributed by atoms with E-state index in [1.807, 2.05) is 0 Å². The van der Waals surface area contributed by atoms with Crippen LogP contribution in [-0.2, 0) is 10.2 Å². The molecule has 0 heterocycles. The lowest BCUT2D eigenvalue weighted by molar-refractivity contribution is -0.144. The number of unbranched alkanes of at least 4 members (excludes halogenated alkanes) is 14. The highest BCUT2D eigenvalue weighted by Gasteiger charge is 2.39. The number of carboxylic acid groups (broad SMARTS) is 1. The van der Waals surface area contributed by atoms with Crippen LogP contribution in [0.1, 0.15) is 135 Å². The summed E-state index contributed by atoms with van der Waals surface area (Å²) in [5, 5.41) is 19.7. The van der Waals surface area contributed by atoms with Gasteiger partial charge in [-0.1, -0.05) is 129 Å². The van der Waals surface area contributed by atoms with E-state index in [-0.39, 0.29) is 5.75 Å². The van der Waals surface area contributed by atoms with Gasteiger partial charge in [0.15, 0.2) is 0 Å². The van der Waals surface area contributed by atoms with E-state index in [1.165, 1.54) is 77.0 Å². The Bertz CT molecular complexity index is 566. The first-order chi connectivity index (χ1) is 15.1. The van der Waals surface area contributed by atoms with Crippen molar-refractivity contribution in [2.45, 2.75) is 135 Å². The number of carboxylic acids is 1. The average molecular weight is 433 g/mol. The van der Waals surface area contributed by atoms with Gasteiger partial charge in [-0.05, 0) is 30.5 Å². The maximum atomic E-state index is 12.3. The molecule has 0 fully saturated rings. The molecule has 178 valence electrons. The first-order valence-corrected chi connectivity index (χ1v) is 13.1. The highest BCUT2D eigenvalue weighted by Crippen LogP contribution is 2.37. The third-order valence-electron chi connectivity index (χ3n) is 6.74. The number of aromatic hydroxyl groups is 1. The van der Waals surface area contributed by atoms with Crippen LogP contribution in [0, 0.1) is 0 Å². The SMILES string of the molecule is CCCCCCCCCCCCCCCCC(CCCC)(C(=O)O)c1ccc(O)cc1. The summed E-state index contributed by atoms with van der Waals surface area (Å²) in [6.45, 7) is 4.38. The third-order valence-corrected chi connectivity index (χ3v) is 6.74. The molecule has 0 radical (unpaired) electrons. The number of phenolic OH excluding ortho intramolecular Hbond substituents is 1. The second-order valence-electron chi connectivity index (χ2n) is 9.38. The summed E-state index contributed by atoms with van der Waals surface area (Å²) in [5.74, 6) is -0.531. The summed E-state index contributed by atoms with van der Waals surface area (Å²) < 4.78 is 0. The summed E-state index contributed by atoms with van der Waals surface area (Å²) in [5.41, 5.74) is 0.0156. The molecule has 0 aromatic heterocycles. The van der Waals surface area contributed by atoms with Gasteiger partial charge in [0.2, 0.25) is 0 Å². The zero-order chi connectivity index (χ0) is 22.8. The first kappa shape index (κ1) is 27.5. The van der Waals surface area contributed by atoms with Gasteiger partial charge in [0, 0.05) is 0 Å². The number of rotatable bonds is 20. The fourth-order valence-corrected chi connectivity index (χ4v) is 4.63.